The molecular weight excluding hydrogens is 312 g/mol. The van der Waals surface area contributed by atoms with Gasteiger partial charge >= 0.3 is 0 Å². The maximum absolute atomic E-state index is 12.2. The fourth-order valence-electron chi connectivity index (χ4n) is 3.08. The number of aromatic nitrogens is 2. The Morgan fingerprint density at radius 3 is 2.52 bits per heavy atom. The Hall–Kier alpha value is -3.08. The summed E-state index contributed by atoms with van der Waals surface area (Å²) in [6.45, 7) is 3.31. The van der Waals surface area contributed by atoms with E-state index in [0.29, 0.717) is 11.3 Å². The number of carbonyl (C=O) groups is 1. The summed E-state index contributed by atoms with van der Waals surface area (Å²) in [4.78, 5) is 21.7. The van der Waals surface area contributed by atoms with Crippen LogP contribution in [0.4, 0.5) is 5.69 Å². The van der Waals surface area contributed by atoms with E-state index in [1.165, 1.54) is 0 Å². The molecule has 128 valence electrons. The zero-order valence-corrected chi connectivity index (χ0v) is 14.9. The maximum Gasteiger partial charge on any atom is 0.162 e. The van der Waals surface area contributed by atoms with Crippen molar-refractivity contribution in [1.29, 1.82) is 0 Å². The molecule has 2 aromatic heterocycles. The summed E-state index contributed by atoms with van der Waals surface area (Å²) < 4.78 is 0. The summed E-state index contributed by atoms with van der Waals surface area (Å²) >= 11 is 0. The smallest absolute Gasteiger partial charge is 0.162 e. The Bertz CT molecular complexity index is 978. The van der Waals surface area contributed by atoms with Crippen LogP contribution in [0.25, 0.3) is 27.7 Å². The summed E-state index contributed by atoms with van der Waals surface area (Å²) in [6.07, 6.45) is 3.70. The number of nitrogens with two attached hydrogens (primary N) is 1. The topological polar surface area (TPSA) is 75.0 Å². The lowest BCUT2D eigenvalue weighted by Crippen LogP contribution is -2.14. The van der Waals surface area contributed by atoms with Crippen LogP contribution in [0.3, 0.4) is 0 Å². The molecule has 0 radical (unpaired) electrons. The number of allylic oxidation sites excluding steroid dienone is 2. The monoisotopic (exact) mass is 334 g/mol. The van der Waals surface area contributed by atoms with Gasteiger partial charge in [0.2, 0.25) is 0 Å². The van der Waals surface area contributed by atoms with E-state index in [1.807, 2.05) is 55.7 Å². The molecule has 5 nitrogen and oxygen atoms in total. The summed E-state index contributed by atoms with van der Waals surface area (Å²) in [5.74, 6) is -0.0422. The van der Waals surface area contributed by atoms with Gasteiger partial charge in [0.1, 0.15) is 5.65 Å². The van der Waals surface area contributed by atoms with E-state index < -0.39 is 0 Å². The van der Waals surface area contributed by atoms with Crippen molar-refractivity contribution in [2.75, 3.05) is 19.0 Å². The van der Waals surface area contributed by atoms with E-state index in [4.69, 9.17) is 5.73 Å². The minimum Gasteiger partial charge on any atom is -0.402 e. The van der Waals surface area contributed by atoms with Crippen LogP contribution in [0.15, 0.2) is 48.4 Å². The Morgan fingerprint density at radius 1 is 1.12 bits per heavy atom. The average molecular weight is 334 g/mol. The number of H-pyrrole nitrogens is 1. The van der Waals surface area contributed by atoms with Crippen molar-refractivity contribution in [3.8, 4) is 11.1 Å². The highest BCUT2D eigenvalue weighted by Crippen LogP contribution is 2.33. The molecule has 3 aromatic rings. The third-order valence-corrected chi connectivity index (χ3v) is 4.23. The fourth-order valence-corrected chi connectivity index (χ4v) is 3.08. The molecular formula is C20H22N4O. The van der Waals surface area contributed by atoms with Gasteiger partial charge < -0.3 is 15.6 Å². The van der Waals surface area contributed by atoms with E-state index in [-0.39, 0.29) is 5.78 Å². The van der Waals surface area contributed by atoms with Crippen molar-refractivity contribution in [2.24, 2.45) is 5.73 Å². The number of carbonyl (C=O) groups excluding carboxylic acids is 1. The summed E-state index contributed by atoms with van der Waals surface area (Å²) in [6, 6.07) is 10.1. The van der Waals surface area contributed by atoms with E-state index >= 15 is 0 Å². The first-order valence-electron chi connectivity index (χ1n) is 8.11. The maximum atomic E-state index is 12.2. The lowest BCUT2D eigenvalue weighted by Gasteiger charge is -2.20. The number of aromatic amines is 1. The van der Waals surface area contributed by atoms with Crippen LogP contribution in [-0.4, -0.2) is 29.8 Å². The minimum atomic E-state index is -0.0422. The fraction of sp³-hybridized carbons (Fsp3) is 0.200. The number of Topliss-reactive ketones (excluding diaryl/α,β-unsaturated/α-hetero) is 1. The largest absolute Gasteiger partial charge is 0.402 e. The first kappa shape index (κ1) is 16.8. The summed E-state index contributed by atoms with van der Waals surface area (Å²) in [5, 5.41) is 1.05. The highest BCUT2D eigenvalue weighted by atomic mass is 16.1. The lowest BCUT2D eigenvalue weighted by molar-refractivity contribution is -0.111. The molecule has 0 spiro atoms. The summed E-state index contributed by atoms with van der Waals surface area (Å²) in [5.41, 5.74) is 11.7. The van der Waals surface area contributed by atoms with E-state index in [0.717, 1.165) is 33.4 Å². The van der Waals surface area contributed by atoms with E-state index in [9.17, 15) is 4.79 Å². The highest BCUT2D eigenvalue weighted by molar-refractivity contribution is 6.22. The number of ketones is 1. The Labute approximate surface area is 147 Å². The lowest BCUT2D eigenvalue weighted by atomic mass is 9.94. The van der Waals surface area contributed by atoms with Crippen LogP contribution in [0, 0.1) is 0 Å². The van der Waals surface area contributed by atoms with Crippen LogP contribution in [0.5, 0.6) is 0 Å². The molecule has 0 bridgehead atoms. The normalized spacial score (nSPS) is 12.2. The molecule has 1 aromatic carbocycles. The van der Waals surface area contributed by atoms with Crippen LogP contribution < -0.4 is 10.6 Å². The van der Waals surface area contributed by atoms with Crippen molar-refractivity contribution < 1.29 is 4.79 Å². The van der Waals surface area contributed by atoms with Gasteiger partial charge in [-0.1, -0.05) is 6.07 Å². The quantitative estimate of drug-likeness (QED) is 0.715. The number of hydrogen-bond acceptors (Lipinski definition) is 4. The van der Waals surface area contributed by atoms with Crippen LogP contribution in [0.1, 0.15) is 19.4 Å². The number of rotatable bonds is 4. The Morgan fingerprint density at radius 2 is 1.88 bits per heavy atom. The predicted molar refractivity (Wildman–Crippen MR) is 103 cm³/mol. The minimum absolute atomic E-state index is 0.0422. The van der Waals surface area contributed by atoms with Gasteiger partial charge in [0, 0.05) is 60.0 Å². The molecule has 0 saturated heterocycles. The van der Waals surface area contributed by atoms with Gasteiger partial charge in [0.05, 0.1) is 0 Å². The molecule has 0 aliphatic heterocycles. The third kappa shape index (κ3) is 3.13. The summed E-state index contributed by atoms with van der Waals surface area (Å²) in [7, 11) is 3.91. The van der Waals surface area contributed by atoms with E-state index in [2.05, 4.69) is 16.0 Å². The van der Waals surface area contributed by atoms with Crippen molar-refractivity contribution >= 4 is 28.1 Å². The number of nitrogens with one attached hydrogen (secondary N) is 1. The third-order valence-electron chi connectivity index (χ3n) is 4.23. The Kier molecular flexibility index (Phi) is 4.31. The predicted octanol–water partition coefficient (Wildman–Crippen LogP) is 3.57. The first-order valence-corrected chi connectivity index (χ1v) is 8.11. The van der Waals surface area contributed by atoms with E-state index in [1.54, 1.807) is 13.8 Å². The van der Waals surface area contributed by atoms with Crippen LogP contribution in [-0.2, 0) is 4.79 Å². The molecule has 3 N–H and O–H groups in total. The second-order valence-electron chi connectivity index (χ2n) is 6.38. The van der Waals surface area contributed by atoms with Gasteiger partial charge in [-0.25, -0.2) is 4.98 Å². The molecule has 0 amide bonds. The van der Waals surface area contributed by atoms with Gasteiger partial charge in [0.15, 0.2) is 5.78 Å². The second kappa shape index (κ2) is 6.43. The first-order chi connectivity index (χ1) is 11.9. The van der Waals surface area contributed by atoms with Crippen molar-refractivity contribution in [2.45, 2.75) is 13.8 Å². The SMILES string of the molecule is CC(=O)C(=C(C)N)c1cc(-c2cnc3[nH]ccc3c2)ccc1N(C)C. The zero-order chi connectivity index (χ0) is 18.1. The molecule has 0 unspecified atom stereocenters. The number of nitrogens with zero attached hydrogens (tertiary/aromatic N) is 2. The number of pyridine rings is 1. The standard InChI is InChI=1S/C20H22N4O/c1-12(21)19(13(2)25)17-10-14(5-6-18(17)24(3)4)16-9-15-7-8-22-20(15)23-11-16/h5-11H,21H2,1-4H3,(H,22,23). The Balaban J connectivity index is 2.21. The van der Waals surface area contributed by atoms with Crippen LogP contribution in [0.2, 0.25) is 0 Å². The number of hydrogen-bond donors (Lipinski definition) is 2. The molecule has 5 heteroatoms. The second-order valence-corrected chi connectivity index (χ2v) is 6.38. The number of anilines is 1. The van der Waals surface area contributed by atoms with Crippen LogP contribution >= 0.6 is 0 Å². The number of fused-ring (bicyclic) bond motifs is 1. The molecule has 0 aliphatic carbocycles. The number of benzene rings is 1. The van der Waals surface area contributed by atoms with Crippen molar-refractivity contribution in [3.05, 3.63) is 54.0 Å². The highest BCUT2D eigenvalue weighted by Gasteiger charge is 2.17. The van der Waals surface area contributed by atoms with Gasteiger partial charge in [0.25, 0.3) is 0 Å². The van der Waals surface area contributed by atoms with Gasteiger partial charge in [-0.2, -0.15) is 0 Å². The average Bonchev–Trinajstić information content (AvgIpc) is 3.01. The molecule has 2 heterocycles. The zero-order valence-electron chi connectivity index (χ0n) is 14.9. The van der Waals surface area contributed by atoms with Gasteiger partial charge in [-0.05, 0) is 43.7 Å². The van der Waals surface area contributed by atoms with Crippen molar-refractivity contribution in [1.82, 2.24) is 9.97 Å². The molecule has 3 rings (SSSR count). The molecule has 25 heavy (non-hydrogen) atoms. The molecule has 0 atom stereocenters. The molecule has 0 fully saturated rings. The molecule has 0 aliphatic rings. The molecule has 0 saturated carbocycles. The van der Waals surface area contributed by atoms with Gasteiger partial charge in [-0.3, -0.25) is 4.79 Å². The van der Waals surface area contributed by atoms with Gasteiger partial charge in [-0.15, -0.1) is 0 Å². The van der Waals surface area contributed by atoms with Crippen molar-refractivity contribution in [3.63, 3.8) is 0 Å².